The van der Waals surface area contributed by atoms with Crippen molar-refractivity contribution in [2.45, 2.75) is 71.5 Å². The van der Waals surface area contributed by atoms with Crippen LogP contribution in [0.15, 0.2) is 48.5 Å². The molecule has 1 aromatic heterocycles. The largest absolute Gasteiger partial charge is 0.497 e. The molecule has 0 amide bonds. The third-order valence-electron chi connectivity index (χ3n) is 8.49. The summed E-state index contributed by atoms with van der Waals surface area (Å²) in [5.74, 6) is 0.125. The first-order valence-corrected chi connectivity index (χ1v) is 14.4. The summed E-state index contributed by atoms with van der Waals surface area (Å²) in [7, 11) is 3.21. The van der Waals surface area contributed by atoms with E-state index < -0.39 is 18.0 Å². The minimum atomic E-state index is -0.769. The van der Waals surface area contributed by atoms with Crippen molar-refractivity contribution < 1.29 is 28.5 Å². The molecule has 0 bridgehead atoms. The third kappa shape index (κ3) is 5.96. The van der Waals surface area contributed by atoms with Crippen LogP contribution >= 0.6 is 0 Å². The number of rotatable bonds is 9. The van der Waals surface area contributed by atoms with E-state index in [1.807, 2.05) is 18.2 Å². The van der Waals surface area contributed by atoms with Crippen molar-refractivity contribution in [2.75, 3.05) is 14.2 Å². The van der Waals surface area contributed by atoms with Crippen LogP contribution in [0.25, 0.3) is 11.1 Å². The predicted octanol–water partition coefficient (Wildman–Crippen LogP) is 7.91. The molecule has 1 N–H and O–H groups in total. The van der Waals surface area contributed by atoms with Gasteiger partial charge in [-0.1, -0.05) is 45.9 Å². The van der Waals surface area contributed by atoms with E-state index in [4.69, 9.17) is 19.2 Å². The van der Waals surface area contributed by atoms with E-state index in [0.717, 1.165) is 48.3 Å². The Morgan fingerprint density at radius 1 is 1.05 bits per heavy atom. The number of ether oxygens (including phenoxy) is 3. The number of aromatic nitrogens is 1. The number of halogens is 1. The zero-order chi connectivity index (χ0) is 29.5. The van der Waals surface area contributed by atoms with Gasteiger partial charge in [0, 0.05) is 18.2 Å². The number of benzene rings is 2. The van der Waals surface area contributed by atoms with Gasteiger partial charge in [0.2, 0.25) is 0 Å². The first-order chi connectivity index (χ1) is 19.5. The molecular weight excluding hydrogens is 521 g/mol. The Hall–Kier alpha value is -3.45. The van der Waals surface area contributed by atoms with E-state index in [9.17, 15) is 9.90 Å². The molecule has 0 spiro atoms. The van der Waals surface area contributed by atoms with Crippen LogP contribution in [-0.4, -0.2) is 30.3 Å². The van der Waals surface area contributed by atoms with Gasteiger partial charge in [0.15, 0.2) is 0 Å². The van der Waals surface area contributed by atoms with Gasteiger partial charge in [-0.15, -0.1) is 0 Å². The number of aliphatic carboxylic acids is 1. The summed E-state index contributed by atoms with van der Waals surface area (Å²) >= 11 is 0. The molecule has 218 valence electrons. The van der Waals surface area contributed by atoms with E-state index >= 15 is 4.39 Å². The van der Waals surface area contributed by atoms with E-state index in [2.05, 4.69) is 32.9 Å². The molecule has 5 rings (SSSR count). The summed E-state index contributed by atoms with van der Waals surface area (Å²) in [5.41, 5.74) is 4.29. The van der Waals surface area contributed by atoms with Crippen LogP contribution in [0, 0.1) is 23.1 Å². The van der Waals surface area contributed by atoms with Crippen molar-refractivity contribution >= 4 is 5.97 Å². The van der Waals surface area contributed by atoms with Gasteiger partial charge >= 0.3 is 5.97 Å². The van der Waals surface area contributed by atoms with Gasteiger partial charge in [0.1, 0.15) is 29.5 Å². The minimum Gasteiger partial charge on any atom is -0.497 e. The average Bonchev–Trinajstić information content (AvgIpc) is 3.78. The molecule has 1 aliphatic heterocycles. The smallest absolute Gasteiger partial charge is 0.306 e. The first-order valence-electron chi connectivity index (χ1n) is 14.4. The number of carboxylic acids is 1. The maximum atomic E-state index is 15.1. The fourth-order valence-corrected chi connectivity index (χ4v) is 6.19. The van der Waals surface area contributed by atoms with Gasteiger partial charge in [0.25, 0.3) is 0 Å². The van der Waals surface area contributed by atoms with E-state index in [1.165, 1.54) is 6.07 Å². The first kappa shape index (κ1) is 29.1. The quantitative estimate of drug-likeness (QED) is 0.286. The lowest BCUT2D eigenvalue weighted by atomic mass is 9.82. The zero-order valence-electron chi connectivity index (χ0n) is 24.7. The summed E-state index contributed by atoms with van der Waals surface area (Å²) in [5, 5.41) is 9.74. The Labute approximate surface area is 241 Å². The molecule has 4 atom stereocenters. The van der Waals surface area contributed by atoms with Gasteiger partial charge < -0.3 is 19.3 Å². The summed E-state index contributed by atoms with van der Waals surface area (Å²) in [6.45, 7) is 8.02. The summed E-state index contributed by atoms with van der Waals surface area (Å²) < 4.78 is 33.0. The maximum Gasteiger partial charge on any atom is 0.306 e. The Balaban J connectivity index is 1.52. The molecule has 2 heterocycles. The molecule has 0 saturated heterocycles. The number of nitrogens with zero attached hydrogens (tertiary/aromatic N) is 1. The average molecular weight is 562 g/mol. The standard InChI is InChI=1S/C34H40FNO5/c1-19(33(37)38)30(21-8-9-21)22-10-7-20-11-16-28(41-29(20)17-22)27-15-13-24(25-18-23(39-5)12-14-26(25)35)31(36-27)32(40-6)34(2,3)4/h7,10,12-15,17-19,21,28,30,32H,8-9,11,16H2,1-6H3,(H,37,38)/t19-,28?,30-,32?/m0/s1. The van der Waals surface area contributed by atoms with Gasteiger partial charge in [0.05, 0.1) is 24.4 Å². The molecule has 2 aliphatic rings. The second kappa shape index (κ2) is 11.4. The van der Waals surface area contributed by atoms with Gasteiger partial charge in [-0.05, 0) is 84.4 Å². The molecule has 1 saturated carbocycles. The molecule has 41 heavy (non-hydrogen) atoms. The highest BCUT2D eigenvalue weighted by atomic mass is 19.1. The van der Waals surface area contributed by atoms with Crippen LogP contribution < -0.4 is 9.47 Å². The summed E-state index contributed by atoms with van der Waals surface area (Å²) in [4.78, 5) is 17.0. The number of pyridine rings is 1. The highest BCUT2D eigenvalue weighted by Gasteiger charge is 2.39. The third-order valence-corrected chi connectivity index (χ3v) is 8.49. The molecule has 0 radical (unpaired) electrons. The van der Waals surface area contributed by atoms with Gasteiger partial charge in [-0.25, -0.2) is 4.39 Å². The lowest BCUT2D eigenvalue weighted by molar-refractivity contribution is -0.142. The highest BCUT2D eigenvalue weighted by Crippen LogP contribution is 2.48. The van der Waals surface area contributed by atoms with E-state index in [-0.39, 0.29) is 23.3 Å². The number of carboxylic acid groups (broad SMARTS) is 1. The zero-order valence-corrected chi connectivity index (χ0v) is 24.7. The highest BCUT2D eigenvalue weighted by molar-refractivity contribution is 5.71. The van der Waals surface area contributed by atoms with E-state index in [0.29, 0.717) is 28.5 Å². The van der Waals surface area contributed by atoms with Crippen LogP contribution in [0.2, 0.25) is 0 Å². The number of aryl methyl sites for hydroxylation is 1. The number of carbonyl (C=O) groups is 1. The minimum absolute atomic E-state index is 0.0298. The molecule has 2 aromatic carbocycles. The second-order valence-electron chi connectivity index (χ2n) is 12.5. The normalized spacial score (nSPS) is 19.0. The number of fused-ring (bicyclic) bond motifs is 1. The molecule has 2 unspecified atom stereocenters. The number of hydrogen-bond donors (Lipinski definition) is 1. The number of hydrogen-bond acceptors (Lipinski definition) is 5. The van der Waals surface area contributed by atoms with Crippen LogP contribution in [0.1, 0.15) is 87.6 Å². The molecule has 1 aliphatic carbocycles. The monoisotopic (exact) mass is 561 g/mol. The Morgan fingerprint density at radius 2 is 1.80 bits per heavy atom. The topological polar surface area (TPSA) is 77.9 Å². The van der Waals surface area contributed by atoms with Crippen molar-refractivity contribution in [1.82, 2.24) is 4.98 Å². The van der Waals surface area contributed by atoms with Gasteiger partial charge in [-0.3, -0.25) is 9.78 Å². The Kier molecular flexibility index (Phi) is 8.11. The summed E-state index contributed by atoms with van der Waals surface area (Å²) in [6.07, 6.45) is 2.99. The molecule has 7 heteroatoms. The number of methoxy groups -OCH3 is 2. The van der Waals surface area contributed by atoms with Crippen LogP contribution in [-0.2, 0) is 16.0 Å². The fourth-order valence-electron chi connectivity index (χ4n) is 6.19. The van der Waals surface area contributed by atoms with Gasteiger partial charge in [-0.2, -0.15) is 0 Å². The molecular formula is C34H40FNO5. The summed E-state index contributed by atoms with van der Waals surface area (Å²) in [6, 6.07) is 14.7. The van der Waals surface area contributed by atoms with Crippen molar-refractivity contribution in [3.63, 3.8) is 0 Å². The fraction of sp³-hybridized carbons (Fsp3) is 0.471. The lowest BCUT2D eigenvalue weighted by Gasteiger charge is -2.32. The van der Waals surface area contributed by atoms with Crippen LogP contribution in [0.5, 0.6) is 11.5 Å². The van der Waals surface area contributed by atoms with Crippen molar-refractivity contribution in [2.24, 2.45) is 17.3 Å². The molecule has 3 aromatic rings. The predicted molar refractivity (Wildman–Crippen MR) is 156 cm³/mol. The van der Waals surface area contributed by atoms with Crippen molar-refractivity contribution in [3.8, 4) is 22.6 Å². The lowest BCUT2D eigenvalue weighted by Crippen LogP contribution is -2.24. The molecule has 1 fully saturated rings. The van der Waals surface area contributed by atoms with Crippen molar-refractivity contribution in [3.05, 3.63) is 76.9 Å². The van der Waals surface area contributed by atoms with Crippen molar-refractivity contribution in [1.29, 1.82) is 0 Å². The Morgan fingerprint density at radius 3 is 2.44 bits per heavy atom. The Bertz CT molecular complexity index is 1430. The second-order valence-corrected chi connectivity index (χ2v) is 12.5. The molecule has 6 nitrogen and oxygen atoms in total. The SMILES string of the molecule is COc1ccc(F)c(-c2ccc(C3CCc4ccc([C@H](C5CC5)[C@H](C)C(=O)O)cc4O3)nc2C(OC)C(C)(C)C)c1. The van der Waals surface area contributed by atoms with E-state index in [1.54, 1.807) is 33.3 Å². The van der Waals surface area contributed by atoms with Crippen LogP contribution in [0.3, 0.4) is 0 Å². The maximum absolute atomic E-state index is 15.1. The van der Waals surface area contributed by atoms with Crippen LogP contribution in [0.4, 0.5) is 4.39 Å².